The fraction of sp³-hybridized carbons (Fsp3) is 0.250. The van der Waals surface area contributed by atoms with Crippen LogP contribution in [-0.4, -0.2) is 30.4 Å². The van der Waals surface area contributed by atoms with E-state index in [1.165, 1.54) is 12.4 Å². The topological polar surface area (TPSA) is 96.9 Å². The maximum atomic E-state index is 12.2. The van der Waals surface area contributed by atoms with Gasteiger partial charge in [-0.1, -0.05) is 0 Å². The number of aryl methyl sites for hydroxylation is 2. The molecule has 0 aliphatic carbocycles. The van der Waals surface area contributed by atoms with Gasteiger partial charge in [-0.25, -0.2) is 18.4 Å². The number of hydrogen-bond donors (Lipinski definition) is 2. The first-order valence-corrected chi connectivity index (χ1v) is 7.37. The minimum absolute atomic E-state index is 0.00326. The van der Waals surface area contributed by atoms with Crippen molar-refractivity contribution in [1.29, 1.82) is 0 Å². The lowest BCUT2D eigenvalue weighted by atomic mass is 10.3. The third-order valence-corrected chi connectivity index (χ3v) is 3.95. The molecule has 7 nitrogen and oxygen atoms in total. The number of nitrogens with one attached hydrogen (secondary N) is 2. The summed E-state index contributed by atoms with van der Waals surface area (Å²) >= 11 is 0. The second-order valence-corrected chi connectivity index (χ2v) is 5.87. The predicted octanol–water partition coefficient (Wildman–Crippen LogP) is 1.33. The molecular weight excluding hydrogens is 278 g/mol. The molecule has 106 valence electrons. The van der Waals surface area contributed by atoms with E-state index in [0.717, 1.165) is 5.69 Å². The van der Waals surface area contributed by atoms with Gasteiger partial charge < -0.3 is 5.32 Å². The summed E-state index contributed by atoms with van der Waals surface area (Å²) in [5, 5.41) is 2.72. The van der Waals surface area contributed by atoms with Gasteiger partial charge in [0.05, 0.1) is 23.8 Å². The Hall–Kier alpha value is -2.22. The van der Waals surface area contributed by atoms with Gasteiger partial charge in [-0.2, -0.15) is 0 Å². The van der Waals surface area contributed by atoms with E-state index >= 15 is 0 Å². The molecule has 0 aliphatic heterocycles. The molecule has 0 radical (unpaired) electrons. The molecule has 0 unspecified atom stereocenters. The van der Waals surface area contributed by atoms with Crippen LogP contribution in [0.2, 0.25) is 0 Å². The molecule has 8 heteroatoms. The van der Waals surface area contributed by atoms with E-state index in [1.807, 2.05) is 6.92 Å². The SMILES string of the molecule is CNc1ncc(S(=O)(=O)Nc2ccc(C)nc2C)cn1. The molecule has 0 saturated carbocycles. The number of nitrogens with zero attached hydrogens (tertiary/aromatic N) is 3. The molecule has 0 aromatic carbocycles. The standard InChI is InChI=1S/C12H15N5O2S/c1-8-4-5-11(9(2)16-8)17-20(18,19)10-6-14-12(13-3)15-7-10/h4-7,17H,1-3H3,(H,13,14,15). The van der Waals surface area contributed by atoms with Gasteiger partial charge in [0.15, 0.2) is 0 Å². The molecule has 0 aliphatic rings. The summed E-state index contributed by atoms with van der Waals surface area (Å²) in [7, 11) is -2.06. The molecule has 0 fully saturated rings. The van der Waals surface area contributed by atoms with Crippen LogP contribution in [0.3, 0.4) is 0 Å². The fourth-order valence-electron chi connectivity index (χ4n) is 1.58. The lowest BCUT2D eigenvalue weighted by Crippen LogP contribution is -2.15. The van der Waals surface area contributed by atoms with Gasteiger partial charge >= 0.3 is 0 Å². The fourth-order valence-corrected chi connectivity index (χ4v) is 2.59. The first-order chi connectivity index (χ1) is 9.42. The van der Waals surface area contributed by atoms with Crippen LogP contribution in [-0.2, 0) is 10.0 Å². The highest BCUT2D eigenvalue weighted by atomic mass is 32.2. The molecule has 2 rings (SSSR count). The van der Waals surface area contributed by atoms with Crippen molar-refractivity contribution >= 4 is 21.7 Å². The number of anilines is 2. The smallest absolute Gasteiger partial charge is 0.265 e. The van der Waals surface area contributed by atoms with Gasteiger partial charge in [-0.05, 0) is 26.0 Å². The normalized spacial score (nSPS) is 11.2. The van der Waals surface area contributed by atoms with Crippen molar-refractivity contribution in [3.05, 3.63) is 35.9 Å². The highest BCUT2D eigenvalue weighted by Crippen LogP contribution is 2.18. The maximum Gasteiger partial charge on any atom is 0.265 e. The second-order valence-electron chi connectivity index (χ2n) is 4.18. The van der Waals surface area contributed by atoms with Gasteiger partial charge in [0, 0.05) is 12.7 Å². The molecular formula is C12H15N5O2S. The van der Waals surface area contributed by atoms with E-state index in [-0.39, 0.29) is 4.90 Å². The zero-order valence-electron chi connectivity index (χ0n) is 11.4. The second kappa shape index (κ2) is 5.41. The van der Waals surface area contributed by atoms with Crippen LogP contribution in [0.4, 0.5) is 11.6 Å². The van der Waals surface area contributed by atoms with Crippen molar-refractivity contribution in [2.45, 2.75) is 18.7 Å². The van der Waals surface area contributed by atoms with Crippen LogP contribution in [0.1, 0.15) is 11.4 Å². The summed E-state index contributed by atoms with van der Waals surface area (Å²) < 4.78 is 26.9. The molecule has 2 aromatic rings. The van der Waals surface area contributed by atoms with E-state index in [4.69, 9.17) is 0 Å². The van der Waals surface area contributed by atoms with Gasteiger partial charge in [0.2, 0.25) is 5.95 Å². The van der Waals surface area contributed by atoms with Crippen LogP contribution in [0, 0.1) is 13.8 Å². The molecule has 2 aromatic heterocycles. The van der Waals surface area contributed by atoms with Crippen molar-refractivity contribution < 1.29 is 8.42 Å². The number of sulfonamides is 1. The Bertz CT molecular complexity index is 713. The molecule has 2 N–H and O–H groups in total. The molecule has 0 saturated heterocycles. The predicted molar refractivity (Wildman–Crippen MR) is 76.1 cm³/mol. The number of rotatable bonds is 4. The molecule has 2 heterocycles. The third kappa shape index (κ3) is 3.02. The lowest BCUT2D eigenvalue weighted by molar-refractivity contribution is 0.600. The lowest BCUT2D eigenvalue weighted by Gasteiger charge is -2.10. The quantitative estimate of drug-likeness (QED) is 0.882. The summed E-state index contributed by atoms with van der Waals surface area (Å²) in [6.07, 6.45) is 2.50. The summed E-state index contributed by atoms with van der Waals surface area (Å²) in [6, 6.07) is 3.42. The molecule has 0 amide bonds. The maximum absolute atomic E-state index is 12.2. The summed E-state index contributed by atoms with van der Waals surface area (Å²) in [5.74, 6) is 0.358. The first-order valence-electron chi connectivity index (χ1n) is 5.89. The van der Waals surface area contributed by atoms with Crippen molar-refractivity contribution in [2.75, 3.05) is 17.1 Å². The molecule has 20 heavy (non-hydrogen) atoms. The van der Waals surface area contributed by atoms with Gasteiger partial charge in [-0.15, -0.1) is 0 Å². The Morgan fingerprint density at radius 1 is 1.10 bits per heavy atom. The van der Waals surface area contributed by atoms with Crippen LogP contribution >= 0.6 is 0 Å². The van der Waals surface area contributed by atoms with Crippen LogP contribution in [0.15, 0.2) is 29.4 Å². The summed E-state index contributed by atoms with van der Waals surface area (Å²) in [4.78, 5) is 12.0. The van der Waals surface area contributed by atoms with Gasteiger partial charge in [-0.3, -0.25) is 9.71 Å². The Balaban J connectivity index is 2.30. The van der Waals surface area contributed by atoms with Crippen molar-refractivity contribution in [3.8, 4) is 0 Å². The van der Waals surface area contributed by atoms with E-state index in [0.29, 0.717) is 17.3 Å². The van der Waals surface area contributed by atoms with Crippen LogP contribution in [0.5, 0.6) is 0 Å². The summed E-state index contributed by atoms with van der Waals surface area (Å²) in [5.41, 5.74) is 1.88. The van der Waals surface area contributed by atoms with Gasteiger partial charge in [0.25, 0.3) is 10.0 Å². The minimum atomic E-state index is -3.72. The van der Waals surface area contributed by atoms with E-state index in [9.17, 15) is 8.42 Å². The van der Waals surface area contributed by atoms with E-state index in [1.54, 1.807) is 26.1 Å². The number of pyridine rings is 1. The van der Waals surface area contributed by atoms with Gasteiger partial charge in [0.1, 0.15) is 4.90 Å². The molecule has 0 bridgehead atoms. The highest BCUT2D eigenvalue weighted by Gasteiger charge is 2.16. The van der Waals surface area contributed by atoms with E-state index in [2.05, 4.69) is 25.0 Å². The largest absolute Gasteiger partial charge is 0.357 e. The summed E-state index contributed by atoms with van der Waals surface area (Å²) in [6.45, 7) is 3.58. The monoisotopic (exact) mass is 293 g/mol. The number of aromatic nitrogens is 3. The number of hydrogen-bond acceptors (Lipinski definition) is 6. The average molecular weight is 293 g/mol. The van der Waals surface area contributed by atoms with Crippen molar-refractivity contribution in [2.24, 2.45) is 0 Å². The molecule has 0 atom stereocenters. The zero-order valence-corrected chi connectivity index (χ0v) is 12.2. The highest BCUT2D eigenvalue weighted by molar-refractivity contribution is 7.92. The minimum Gasteiger partial charge on any atom is -0.357 e. The van der Waals surface area contributed by atoms with E-state index < -0.39 is 10.0 Å². The van der Waals surface area contributed by atoms with Crippen molar-refractivity contribution in [3.63, 3.8) is 0 Å². The Kier molecular flexibility index (Phi) is 3.84. The van der Waals surface area contributed by atoms with Crippen molar-refractivity contribution in [1.82, 2.24) is 15.0 Å². The Morgan fingerprint density at radius 3 is 2.30 bits per heavy atom. The Labute approximate surface area is 117 Å². The van der Waals surface area contributed by atoms with Crippen LogP contribution in [0.25, 0.3) is 0 Å². The Morgan fingerprint density at radius 2 is 1.75 bits per heavy atom. The third-order valence-electron chi connectivity index (χ3n) is 2.63. The zero-order chi connectivity index (χ0) is 14.8. The first kappa shape index (κ1) is 14.2. The average Bonchev–Trinajstić information content (AvgIpc) is 2.42. The van der Waals surface area contributed by atoms with Crippen LogP contribution < -0.4 is 10.0 Å². The molecule has 0 spiro atoms.